The van der Waals surface area contributed by atoms with Gasteiger partial charge in [-0.1, -0.05) is 11.6 Å². The summed E-state index contributed by atoms with van der Waals surface area (Å²) >= 11 is 5.98. The smallest absolute Gasteiger partial charge is 0.253 e. The maximum atomic E-state index is 12.1. The number of benzene rings is 1. The van der Waals surface area contributed by atoms with Crippen LogP contribution in [0.3, 0.4) is 0 Å². The van der Waals surface area contributed by atoms with Crippen LogP contribution in [0.4, 0.5) is 5.69 Å². The van der Waals surface area contributed by atoms with E-state index >= 15 is 0 Å². The number of furan rings is 1. The topological polar surface area (TPSA) is 68.3 Å². The molecular weight excluding hydrogens is 264 g/mol. The van der Waals surface area contributed by atoms with Gasteiger partial charge in [-0.2, -0.15) is 0 Å². The molecule has 0 aliphatic heterocycles. The fraction of sp³-hybridized carbons (Fsp3) is 0.214. The number of halogens is 1. The third-order valence-corrected chi connectivity index (χ3v) is 3.10. The number of rotatable bonds is 3. The fourth-order valence-electron chi connectivity index (χ4n) is 1.75. The van der Waals surface area contributed by atoms with Crippen LogP contribution in [-0.4, -0.2) is 5.91 Å². The standard InChI is InChI=1S/C14H15ClN2O2/c1-8-3-6-13(19-8)9(2)17-14(18)11-7-10(16)4-5-12(11)15/h3-7,9H,16H2,1-2H3,(H,17,18). The van der Waals surface area contributed by atoms with Gasteiger partial charge in [0.1, 0.15) is 11.5 Å². The minimum absolute atomic E-state index is 0.237. The highest BCUT2D eigenvalue weighted by Gasteiger charge is 2.16. The highest BCUT2D eigenvalue weighted by Crippen LogP contribution is 2.21. The molecule has 5 heteroatoms. The fourth-order valence-corrected chi connectivity index (χ4v) is 1.95. The number of amides is 1. The van der Waals surface area contributed by atoms with Crippen LogP contribution in [0.5, 0.6) is 0 Å². The second kappa shape index (κ2) is 5.36. The number of hydrogen-bond donors (Lipinski definition) is 2. The van der Waals surface area contributed by atoms with Crippen LogP contribution in [0.1, 0.15) is 34.8 Å². The predicted molar refractivity (Wildman–Crippen MR) is 75.2 cm³/mol. The van der Waals surface area contributed by atoms with Gasteiger partial charge in [-0.3, -0.25) is 4.79 Å². The molecule has 2 aromatic rings. The van der Waals surface area contributed by atoms with E-state index in [1.807, 2.05) is 26.0 Å². The number of anilines is 1. The molecule has 0 bridgehead atoms. The van der Waals surface area contributed by atoms with Crippen molar-refractivity contribution >= 4 is 23.2 Å². The van der Waals surface area contributed by atoms with Crippen molar-refractivity contribution in [2.75, 3.05) is 5.73 Å². The number of nitrogens with one attached hydrogen (secondary N) is 1. The first kappa shape index (κ1) is 13.5. The lowest BCUT2D eigenvalue weighted by Crippen LogP contribution is -2.26. The van der Waals surface area contributed by atoms with Crippen LogP contribution < -0.4 is 11.1 Å². The van der Waals surface area contributed by atoms with Crippen LogP contribution in [0.25, 0.3) is 0 Å². The lowest BCUT2D eigenvalue weighted by molar-refractivity contribution is 0.0935. The Morgan fingerprint density at radius 3 is 2.74 bits per heavy atom. The van der Waals surface area contributed by atoms with Crippen LogP contribution in [0.2, 0.25) is 5.02 Å². The Hall–Kier alpha value is -1.94. The Morgan fingerprint density at radius 1 is 1.37 bits per heavy atom. The molecule has 19 heavy (non-hydrogen) atoms. The normalized spacial score (nSPS) is 12.2. The molecule has 1 heterocycles. The maximum Gasteiger partial charge on any atom is 0.253 e. The van der Waals surface area contributed by atoms with E-state index in [0.717, 1.165) is 5.76 Å². The SMILES string of the molecule is Cc1ccc(C(C)NC(=O)c2cc(N)ccc2Cl)o1. The van der Waals surface area contributed by atoms with Gasteiger partial charge in [0.2, 0.25) is 0 Å². The zero-order valence-corrected chi connectivity index (χ0v) is 11.5. The Balaban J connectivity index is 2.15. The molecule has 1 unspecified atom stereocenters. The monoisotopic (exact) mass is 278 g/mol. The van der Waals surface area contributed by atoms with E-state index in [1.54, 1.807) is 18.2 Å². The summed E-state index contributed by atoms with van der Waals surface area (Å²) in [5.74, 6) is 1.22. The van der Waals surface area contributed by atoms with Crippen molar-refractivity contribution < 1.29 is 9.21 Å². The van der Waals surface area contributed by atoms with Gasteiger partial charge >= 0.3 is 0 Å². The van der Waals surface area contributed by atoms with Gasteiger partial charge in [0, 0.05) is 5.69 Å². The van der Waals surface area contributed by atoms with Gasteiger partial charge in [-0.05, 0) is 44.2 Å². The third-order valence-electron chi connectivity index (χ3n) is 2.77. The number of carbonyl (C=O) groups excluding carboxylic acids is 1. The predicted octanol–water partition coefficient (Wildman–Crippen LogP) is 3.31. The van der Waals surface area contributed by atoms with Gasteiger partial charge in [-0.15, -0.1) is 0 Å². The van der Waals surface area contributed by atoms with E-state index in [0.29, 0.717) is 22.0 Å². The molecule has 3 N–H and O–H groups in total. The molecule has 4 nitrogen and oxygen atoms in total. The van der Waals surface area contributed by atoms with E-state index in [2.05, 4.69) is 5.32 Å². The van der Waals surface area contributed by atoms with Crippen molar-refractivity contribution in [1.82, 2.24) is 5.32 Å². The quantitative estimate of drug-likeness (QED) is 0.846. The van der Waals surface area contributed by atoms with E-state index < -0.39 is 0 Å². The van der Waals surface area contributed by atoms with Crippen molar-refractivity contribution in [3.63, 3.8) is 0 Å². The van der Waals surface area contributed by atoms with E-state index in [1.165, 1.54) is 0 Å². The number of aryl methyl sites for hydroxylation is 1. The molecule has 1 atom stereocenters. The molecule has 0 radical (unpaired) electrons. The number of hydrogen-bond acceptors (Lipinski definition) is 3. The van der Waals surface area contributed by atoms with Crippen molar-refractivity contribution in [3.05, 3.63) is 52.4 Å². The summed E-state index contributed by atoms with van der Waals surface area (Å²) in [6.07, 6.45) is 0. The van der Waals surface area contributed by atoms with Crippen LogP contribution in [-0.2, 0) is 0 Å². The molecule has 0 saturated heterocycles. The summed E-state index contributed by atoms with van der Waals surface area (Å²) in [7, 11) is 0. The van der Waals surface area contributed by atoms with Crippen LogP contribution in [0, 0.1) is 6.92 Å². The second-order valence-corrected chi connectivity index (χ2v) is 4.79. The number of nitrogen functional groups attached to an aromatic ring is 1. The van der Waals surface area contributed by atoms with Gasteiger partial charge in [0.15, 0.2) is 0 Å². The van der Waals surface area contributed by atoms with Crippen molar-refractivity contribution in [2.24, 2.45) is 0 Å². The lowest BCUT2D eigenvalue weighted by atomic mass is 10.1. The number of nitrogens with two attached hydrogens (primary N) is 1. The molecule has 0 saturated carbocycles. The summed E-state index contributed by atoms with van der Waals surface area (Å²) in [5.41, 5.74) is 6.51. The number of carbonyl (C=O) groups is 1. The van der Waals surface area contributed by atoms with Gasteiger partial charge in [0.25, 0.3) is 5.91 Å². The summed E-state index contributed by atoms with van der Waals surface area (Å²) < 4.78 is 5.46. The molecule has 100 valence electrons. The average Bonchev–Trinajstić information content (AvgIpc) is 2.79. The minimum Gasteiger partial charge on any atom is -0.464 e. The highest BCUT2D eigenvalue weighted by atomic mass is 35.5. The molecular formula is C14H15ClN2O2. The van der Waals surface area contributed by atoms with Crippen molar-refractivity contribution in [2.45, 2.75) is 19.9 Å². The summed E-state index contributed by atoms with van der Waals surface area (Å²) in [5, 5.41) is 3.19. The Labute approximate surface area is 116 Å². The molecule has 0 spiro atoms. The molecule has 1 amide bonds. The molecule has 1 aromatic heterocycles. The molecule has 1 aromatic carbocycles. The molecule has 2 rings (SSSR count). The first-order valence-electron chi connectivity index (χ1n) is 5.89. The molecule has 0 aliphatic rings. The van der Waals surface area contributed by atoms with Gasteiger partial charge in [0.05, 0.1) is 16.6 Å². The van der Waals surface area contributed by atoms with Crippen LogP contribution in [0.15, 0.2) is 34.7 Å². The highest BCUT2D eigenvalue weighted by molar-refractivity contribution is 6.34. The third kappa shape index (κ3) is 3.09. The maximum absolute atomic E-state index is 12.1. The van der Waals surface area contributed by atoms with Crippen molar-refractivity contribution in [1.29, 1.82) is 0 Å². The Morgan fingerprint density at radius 2 is 2.11 bits per heavy atom. The first-order chi connectivity index (χ1) is 8.97. The van der Waals surface area contributed by atoms with E-state index in [4.69, 9.17) is 21.8 Å². The van der Waals surface area contributed by atoms with Gasteiger partial charge < -0.3 is 15.5 Å². The van der Waals surface area contributed by atoms with E-state index in [9.17, 15) is 4.79 Å². The van der Waals surface area contributed by atoms with E-state index in [-0.39, 0.29) is 11.9 Å². The molecule has 0 fully saturated rings. The second-order valence-electron chi connectivity index (χ2n) is 4.38. The molecule has 0 aliphatic carbocycles. The average molecular weight is 279 g/mol. The summed E-state index contributed by atoms with van der Waals surface area (Å²) in [4.78, 5) is 12.1. The zero-order chi connectivity index (χ0) is 14.0. The van der Waals surface area contributed by atoms with Crippen LogP contribution >= 0.6 is 11.6 Å². The Bertz CT molecular complexity index is 607. The lowest BCUT2D eigenvalue weighted by Gasteiger charge is -2.12. The van der Waals surface area contributed by atoms with Gasteiger partial charge in [-0.25, -0.2) is 0 Å². The first-order valence-corrected chi connectivity index (χ1v) is 6.27. The zero-order valence-electron chi connectivity index (χ0n) is 10.7. The Kier molecular flexibility index (Phi) is 3.81. The minimum atomic E-state index is -0.279. The largest absolute Gasteiger partial charge is 0.464 e. The van der Waals surface area contributed by atoms with Crippen molar-refractivity contribution in [3.8, 4) is 0 Å². The summed E-state index contributed by atoms with van der Waals surface area (Å²) in [6, 6.07) is 8.26. The summed E-state index contributed by atoms with van der Waals surface area (Å²) in [6.45, 7) is 3.70.